The lowest BCUT2D eigenvalue weighted by atomic mass is 9.83. The fraction of sp³-hybridized carbons (Fsp3) is 0.333. The van der Waals surface area contributed by atoms with Crippen molar-refractivity contribution in [2.45, 2.75) is 32.7 Å². The van der Waals surface area contributed by atoms with Crippen LogP contribution < -0.4 is 5.48 Å². The van der Waals surface area contributed by atoms with Crippen molar-refractivity contribution >= 4 is 25.3 Å². The van der Waals surface area contributed by atoms with Crippen molar-refractivity contribution in [1.82, 2.24) is 10.4 Å². The van der Waals surface area contributed by atoms with E-state index in [0.717, 1.165) is 30.5 Å². The van der Waals surface area contributed by atoms with E-state index in [4.69, 9.17) is 5.21 Å². The maximum atomic E-state index is 13.2. The average molecular weight is 385 g/mol. The van der Waals surface area contributed by atoms with Gasteiger partial charge in [-0.05, 0) is 60.6 Å². The van der Waals surface area contributed by atoms with E-state index in [0.29, 0.717) is 18.5 Å². The maximum Gasteiger partial charge on any atom is 0.274 e. The molecule has 142 valence electrons. The highest BCUT2D eigenvalue weighted by atomic mass is 32.1. The molecule has 1 atom stereocenters. The number of amides is 2. The van der Waals surface area contributed by atoms with Gasteiger partial charge in [0.05, 0.1) is 5.41 Å². The summed E-state index contributed by atoms with van der Waals surface area (Å²) in [5.41, 5.74) is 6.28. The highest BCUT2D eigenvalue weighted by Crippen LogP contribution is 2.45. The molecule has 0 bridgehead atoms. The summed E-state index contributed by atoms with van der Waals surface area (Å²) in [6.07, 6.45) is 2.23. The number of nitrogens with one attached hydrogen (secondary N) is 1. The van der Waals surface area contributed by atoms with Gasteiger partial charge in [-0.1, -0.05) is 30.3 Å². The Hall–Kier alpha value is -2.31. The number of hydrogen-bond donors (Lipinski definition) is 2. The molecular formula is C21H24N2O3S. The van der Waals surface area contributed by atoms with E-state index in [1.807, 2.05) is 23.1 Å². The van der Waals surface area contributed by atoms with Crippen LogP contribution in [0.2, 0.25) is 0 Å². The number of hydroxylamine groups is 1. The summed E-state index contributed by atoms with van der Waals surface area (Å²) in [6, 6.07) is 13.6. The molecule has 2 amide bonds. The van der Waals surface area contributed by atoms with Crippen LogP contribution in [0.1, 0.15) is 39.0 Å². The molecular weight excluding hydrogens is 360 g/mol. The molecule has 4 rings (SSSR count). The van der Waals surface area contributed by atoms with Crippen molar-refractivity contribution in [3.8, 4) is 0 Å². The zero-order valence-electron chi connectivity index (χ0n) is 15.3. The highest BCUT2D eigenvalue weighted by molar-refractivity contribution is 7.59. The molecule has 0 radical (unpaired) electrons. The summed E-state index contributed by atoms with van der Waals surface area (Å²) in [5.74, 6) is -0.308. The summed E-state index contributed by atoms with van der Waals surface area (Å²) in [7, 11) is 0. The van der Waals surface area contributed by atoms with Crippen LogP contribution in [-0.2, 0) is 24.2 Å². The minimum Gasteiger partial charge on any atom is -0.338 e. The van der Waals surface area contributed by atoms with E-state index in [1.165, 1.54) is 11.1 Å². The van der Waals surface area contributed by atoms with Crippen LogP contribution in [0.4, 0.5) is 0 Å². The van der Waals surface area contributed by atoms with E-state index in [-0.39, 0.29) is 24.8 Å². The standard InChI is InChI=1S/C21H22N2O3.H2S/c1-14-4-2-3-5-17(14)13-23-9-8-21(20(23)25)11-16-7-6-15(19(24)22-26)10-18(16)12-21;/h2-7,10,26H,8-9,11-13H2,1H3,(H,22,24);1H2/t21-;/m0./s1. The van der Waals surface area contributed by atoms with Crippen LogP contribution in [0.25, 0.3) is 0 Å². The first kappa shape index (κ1) is 19.5. The van der Waals surface area contributed by atoms with Crippen molar-refractivity contribution in [2.24, 2.45) is 5.41 Å². The van der Waals surface area contributed by atoms with Gasteiger partial charge >= 0.3 is 0 Å². The zero-order valence-corrected chi connectivity index (χ0v) is 16.3. The SMILES string of the molecule is Cc1ccccc1CN1CC[C@@]2(Cc3ccc(C(=O)NO)cc3C2)C1=O.S. The molecule has 2 aliphatic rings. The smallest absolute Gasteiger partial charge is 0.274 e. The van der Waals surface area contributed by atoms with Crippen LogP contribution in [0.15, 0.2) is 42.5 Å². The lowest BCUT2D eigenvalue weighted by Gasteiger charge is -2.23. The monoisotopic (exact) mass is 384 g/mol. The molecule has 2 aromatic carbocycles. The number of nitrogens with zero attached hydrogens (tertiary/aromatic N) is 1. The second-order valence-corrected chi connectivity index (χ2v) is 7.46. The summed E-state index contributed by atoms with van der Waals surface area (Å²) >= 11 is 0. The van der Waals surface area contributed by atoms with Crippen molar-refractivity contribution in [1.29, 1.82) is 0 Å². The number of carbonyl (C=O) groups excluding carboxylic acids is 2. The molecule has 0 unspecified atom stereocenters. The van der Waals surface area contributed by atoms with Gasteiger partial charge in [0.1, 0.15) is 0 Å². The number of hydrogen-bond acceptors (Lipinski definition) is 3. The molecule has 1 spiro atoms. The third-order valence-electron chi connectivity index (χ3n) is 5.85. The second-order valence-electron chi connectivity index (χ2n) is 7.46. The number of rotatable bonds is 3. The van der Waals surface area contributed by atoms with E-state index in [1.54, 1.807) is 17.6 Å². The summed E-state index contributed by atoms with van der Waals surface area (Å²) in [5, 5.41) is 8.82. The maximum absolute atomic E-state index is 13.2. The topological polar surface area (TPSA) is 69.6 Å². The lowest BCUT2D eigenvalue weighted by molar-refractivity contribution is -0.136. The second kappa shape index (κ2) is 7.37. The fourth-order valence-corrected chi connectivity index (χ4v) is 4.33. The minimum absolute atomic E-state index is 0. The van der Waals surface area contributed by atoms with E-state index >= 15 is 0 Å². The van der Waals surface area contributed by atoms with Crippen LogP contribution >= 0.6 is 13.5 Å². The summed E-state index contributed by atoms with van der Waals surface area (Å²) < 4.78 is 0. The molecule has 6 heteroatoms. The molecule has 1 saturated heterocycles. The van der Waals surface area contributed by atoms with Gasteiger partial charge in [0.15, 0.2) is 0 Å². The van der Waals surface area contributed by atoms with Crippen LogP contribution in [0.3, 0.4) is 0 Å². The number of likely N-dealkylation sites (tertiary alicyclic amines) is 1. The first-order valence-electron chi connectivity index (χ1n) is 8.92. The Bertz CT molecular complexity index is 899. The number of benzene rings is 2. The molecule has 1 fully saturated rings. The molecule has 2 N–H and O–H groups in total. The van der Waals surface area contributed by atoms with Crippen molar-refractivity contribution < 1.29 is 14.8 Å². The Morgan fingerprint density at radius 3 is 2.67 bits per heavy atom. The molecule has 1 heterocycles. The molecule has 1 aliphatic carbocycles. The molecule has 1 aliphatic heterocycles. The van der Waals surface area contributed by atoms with Crippen molar-refractivity contribution in [2.75, 3.05) is 6.54 Å². The third-order valence-corrected chi connectivity index (χ3v) is 5.85. The van der Waals surface area contributed by atoms with Crippen LogP contribution in [0.5, 0.6) is 0 Å². The number of carbonyl (C=O) groups is 2. The number of aryl methyl sites for hydroxylation is 1. The first-order chi connectivity index (χ1) is 12.5. The molecule has 0 aromatic heterocycles. The van der Waals surface area contributed by atoms with Gasteiger partial charge in [0, 0.05) is 18.7 Å². The Kier molecular flexibility index (Phi) is 5.31. The number of fused-ring (bicyclic) bond motifs is 1. The predicted molar refractivity (Wildman–Crippen MR) is 107 cm³/mol. The van der Waals surface area contributed by atoms with Gasteiger partial charge in [0.25, 0.3) is 5.91 Å². The quantitative estimate of drug-likeness (QED) is 0.632. The van der Waals surface area contributed by atoms with Gasteiger partial charge in [-0.2, -0.15) is 13.5 Å². The van der Waals surface area contributed by atoms with Gasteiger partial charge < -0.3 is 4.90 Å². The Labute approximate surface area is 165 Å². The molecule has 27 heavy (non-hydrogen) atoms. The first-order valence-corrected chi connectivity index (χ1v) is 8.92. The van der Waals surface area contributed by atoms with Crippen LogP contribution in [-0.4, -0.2) is 28.5 Å². The lowest BCUT2D eigenvalue weighted by Crippen LogP contribution is -2.35. The van der Waals surface area contributed by atoms with Gasteiger partial charge in [-0.25, -0.2) is 5.48 Å². The van der Waals surface area contributed by atoms with E-state index in [9.17, 15) is 9.59 Å². The zero-order chi connectivity index (χ0) is 18.3. The minimum atomic E-state index is -0.521. The molecule has 2 aromatic rings. The predicted octanol–water partition coefficient (Wildman–Crippen LogP) is 2.74. The summed E-state index contributed by atoms with van der Waals surface area (Å²) in [4.78, 5) is 26.8. The fourth-order valence-electron chi connectivity index (χ4n) is 4.33. The Balaban J connectivity index is 0.00000210. The summed E-state index contributed by atoms with van der Waals surface area (Å²) in [6.45, 7) is 3.50. The van der Waals surface area contributed by atoms with Crippen molar-refractivity contribution in [3.05, 3.63) is 70.3 Å². The largest absolute Gasteiger partial charge is 0.338 e. The van der Waals surface area contributed by atoms with E-state index in [2.05, 4.69) is 19.1 Å². The highest BCUT2D eigenvalue weighted by Gasteiger charge is 2.50. The normalized spacial score (nSPS) is 20.5. The third kappa shape index (κ3) is 3.35. The van der Waals surface area contributed by atoms with Gasteiger partial charge in [-0.3, -0.25) is 14.8 Å². The Morgan fingerprint density at radius 2 is 1.93 bits per heavy atom. The van der Waals surface area contributed by atoms with Crippen LogP contribution in [0, 0.1) is 12.3 Å². The van der Waals surface area contributed by atoms with Gasteiger partial charge in [-0.15, -0.1) is 0 Å². The molecule has 0 saturated carbocycles. The van der Waals surface area contributed by atoms with E-state index < -0.39 is 5.91 Å². The van der Waals surface area contributed by atoms with Gasteiger partial charge in [0.2, 0.25) is 5.91 Å². The molecule has 5 nitrogen and oxygen atoms in total. The Morgan fingerprint density at radius 1 is 1.19 bits per heavy atom. The van der Waals surface area contributed by atoms with Crippen molar-refractivity contribution in [3.63, 3.8) is 0 Å². The average Bonchev–Trinajstić information content (AvgIpc) is 3.17.